The molecule has 2 aromatic rings. The predicted octanol–water partition coefficient (Wildman–Crippen LogP) is 2.32. The van der Waals surface area contributed by atoms with Crippen LogP contribution in [0.1, 0.15) is 19.4 Å². The first kappa shape index (κ1) is 18.8. The zero-order valence-electron chi connectivity index (χ0n) is 15.9. The molecule has 1 fully saturated rings. The van der Waals surface area contributed by atoms with Crippen molar-refractivity contribution in [3.05, 3.63) is 42.2 Å². The Morgan fingerprint density at radius 2 is 2.07 bits per heavy atom. The van der Waals surface area contributed by atoms with Crippen molar-refractivity contribution in [1.82, 2.24) is 15.3 Å². The Morgan fingerprint density at radius 3 is 2.74 bits per heavy atom. The number of hydrogen-bond donors (Lipinski definition) is 4. The lowest BCUT2D eigenvalue weighted by atomic mass is 10.0. The van der Waals surface area contributed by atoms with E-state index in [1.165, 1.54) is 12.4 Å². The van der Waals surface area contributed by atoms with Crippen molar-refractivity contribution < 1.29 is 0 Å². The Balaban J connectivity index is 2.05. The van der Waals surface area contributed by atoms with Crippen LogP contribution in [0.15, 0.2) is 36.7 Å². The number of pyridine rings is 2. The van der Waals surface area contributed by atoms with Crippen LogP contribution in [0.5, 0.6) is 0 Å². The molecule has 142 valence electrons. The summed E-state index contributed by atoms with van der Waals surface area (Å²) in [7, 11) is 0. The van der Waals surface area contributed by atoms with E-state index in [4.69, 9.17) is 16.1 Å². The normalized spacial score (nSPS) is 15.1. The van der Waals surface area contributed by atoms with E-state index in [2.05, 4.69) is 34.4 Å². The van der Waals surface area contributed by atoms with Crippen LogP contribution in [-0.4, -0.2) is 48.4 Å². The maximum Gasteiger partial charge on any atom is 0.129 e. The monoisotopic (exact) mass is 365 g/mol. The summed E-state index contributed by atoms with van der Waals surface area (Å²) >= 11 is 0. The fourth-order valence-corrected chi connectivity index (χ4v) is 3.08. The maximum atomic E-state index is 7.66. The Morgan fingerprint density at radius 1 is 1.30 bits per heavy atom. The summed E-state index contributed by atoms with van der Waals surface area (Å²) in [4.78, 5) is 11.5. The minimum atomic E-state index is 0.299. The zero-order chi connectivity index (χ0) is 19.2. The van der Waals surface area contributed by atoms with Crippen molar-refractivity contribution in [2.45, 2.75) is 19.9 Å². The summed E-state index contributed by atoms with van der Waals surface area (Å²) in [6.45, 7) is 7.83. The predicted molar refractivity (Wildman–Crippen MR) is 112 cm³/mol. The third kappa shape index (κ3) is 4.62. The molecule has 7 heteroatoms. The highest BCUT2D eigenvalue weighted by atomic mass is 15.2. The number of allylic oxidation sites excluding steroid dienone is 1. The molecular weight excluding hydrogens is 338 g/mol. The molecule has 0 amide bonds. The van der Waals surface area contributed by atoms with E-state index in [9.17, 15) is 0 Å². The first-order valence-corrected chi connectivity index (χ1v) is 9.24. The van der Waals surface area contributed by atoms with Gasteiger partial charge < -0.3 is 26.7 Å². The lowest BCUT2D eigenvalue weighted by molar-refractivity contribution is 0.585. The van der Waals surface area contributed by atoms with Crippen molar-refractivity contribution in [2.24, 2.45) is 5.73 Å². The van der Waals surface area contributed by atoms with E-state index in [1.807, 2.05) is 24.3 Å². The topological polar surface area (TPSA) is 103 Å². The van der Waals surface area contributed by atoms with Gasteiger partial charge >= 0.3 is 0 Å². The van der Waals surface area contributed by atoms with Crippen LogP contribution in [-0.2, 0) is 0 Å². The maximum absolute atomic E-state index is 7.66. The van der Waals surface area contributed by atoms with Gasteiger partial charge in [0.15, 0.2) is 0 Å². The highest BCUT2D eigenvalue weighted by Gasteiger charge is 2.15. The van der Waals surface area contributed by atoms with E-state index in [0.717, 1.165) is 54.6 Å². The molecule has 3 rings (SSSR count). The highest BCUT2D eigenvalue weighted by molar-refractivity contribution is 6.08. The van der Waals surface area contributed by atoms with Gasteiger partial charge in [0.05, 0.1) is 5.69 Å². The number of hydrogen-bond acceptors (Lipinski definition) is 7. The van der Waals surface area contributed by atoms with Crippen LogP contribution in [0.3, 0.4) is 0 Å². The summed E-state index contributed by atoms with van der Waals surface area (Å²) < 4.78 is 0. The second kappa shape index (κ2) is 8.64. The Kier molecular flexibility index (Phi) is 6.03. The van der Waals surface area contributed by atoms with Gasteiger partial charge in [-0.25, -0.2) is 9.97 Å². The molecule has 1 saturated heterocycles. The molecule has 3 heterocycles. The largest absolute Gasteiger partial charge is 0.404 e. The fourth-order valence-electron chi connectivity index (χ4n) is 3.08. The summed E-state index contributed by atoms with van der Waals surface area (Å²) in [5, 5.41) is 14.4. The van der Waals surface area contributed by atoms with Crippen molar-refractivity contribution in [3.63, 3.8) is 0 Å². The van der Waals surface area contributed by atoms with Crippen molar-refractivity contribution in [1.29, 1.82) is 5.41 Å². The van der Waals surface area contributed by atoms with Gasteiger partial charge in [0.2, 0.25) is 0 Å². The SMILES string of the molecule is CC(C)Nc1cc(-c2cc(/C(C=N)=C/N)cc(N3CCNCC3)n2)ccn1. The first-order valence-electron chi connectivity index (χ1n) is 9.24. The number of aromatic nitrogens is 2. The van der Waals surface area contributed by atoms with E-state index in [0.29, 0.717) is 11.6 Å². The molecule has 0 bridgehead atoms. The molecule has 2 aromatic heterocycles. The number of nitrogens with zero attached hydrogens (tertiary/aromatic N) is 3. The minimum absolute atomic E-state index is 0.299. The quantitative estimate of drug-likeness (QED) is 0.586. The van der Waals surface area contributed by atoms with Gasteiger partial charge in [0, 0.05) is 62.0 Å². The zero-order valence-corrected chi connectivity index (χ0v) is 15.9. The van der Waals surface area contributed by atoms with Crippen LogP contribution < -0.4 is 21.3 Å². The third-order valence-electron chi connectivity index (χ3n) is 4.41. The minimum Gasteiger partial charge on any atom is -0.404 e. The Labute approximate surface area is 160 Å². The third-order valence-corrected chi connectivity index (χ3v) is 4.41. The molecule has 0 aromatic carbocycles. The van der Waals surface area contributed by atoms with Crippen LogP contribution in [0.25, 0.3) is 16.8 Å². The van der Waals surface area contributed by atoms with Gasteiger partial charge in [-0.15, -0.1) is 0 Å². The lowest BCUT2D eigenvalue weighted by Gasteiger charge is -2.29. The molecule has 1 aliphatic rings. The molecule has 0 atom stereocenters. The molecule has 5 N–H and O–H groups in total. The number of anilines is 2. The van der Waals surface area contributed by atoms with Gasteiger partial charge in [-0.3, -0.25) is 0 Å². The molecule has 0 unspecified atom stereocenters. The molecule has 7 nitrogen and oxygen atoms in total. The van der Waals surface area contributed by atoms with Crippen molar-refractivity contribution in [2.75, 3.05) is 36.4 Å². The molecule has 27 heavy (non-hydrogen) atoms. The summed E-state index contributed by atoms with van der Waals surface area (Å²) in [6, 6.07) is 8.24. The van der Waals surface area contributed by atoms with E-state index >= 15 is 0 Å². The summed E-state index contributed by atoms with van der Waals surface area (Å²) in [6.07, 6.45) is 4.53. The number of nitrogens with one attached hydrogen (secondary N) is 3. The molecule has 1 aliphatic heterocycles. The van der Waals surface area contributed by atoms with E-state index in [-0.39, 0.29) is 0 Å². The van der Waals surface area contributed by atoms with Crippen molar-refractivity contribution in [3.8, 4) is 11.3 Å². The van der Waals surface area contributed by atoms with Crippen LogP contribution >= 0.6 is 0 Å². The van der Waals surface area contributed by atoms with Gasteiger partial charge in [0.1, 0.15) is 11.6 Å². The Bertz CT molecular complexity index is 823. The number of rotatable bonds is 6. The molecule has 0 spiro atoms. The van der Waals surface area contributed by atoms with Crippen molar-refractivity contribution >= 4 is 23.4 Å². The fraction of sp³-hybridized carbons (Fsp3) is 0.350. The van der Waals surface area contributed by atoms with Gasteiger partial charge in [-0.1, -0.05) is 0 Å². The van der Waals surface area contributed by atoms with Gasteiger partial charge in [-0.2, -0.15) is 0 Å². The van der Waals surface area contributed by atoms with Crippen LogP contribution in [0.4, 0.5) is 11.6 Å². The van der Waals surface area contributed by atoms with Gasteiger partial charge in [-0.05, 0) is 43.7 Å². The van der Waals surface area contributed by atoms with Gasteiger partial charge in [0.25, 0.3) is 0 Å². The number of piperazine rings is 1. The van der Waals surface area contributed by atoms with Crippen LogP contribution in [0.2, 0.25) is 0 Å². The highest BCUT2D eigenvalue weighted by Crippen LogP contribution is 2.27. The summed E-state index contributed by atoms with van der Waals surface area (Å²) in [5.74, 6) is 1.72. The molecule has 0 saturated carbocycles. The average Bonchev–Trinajstić information content (AvgIpc) is 2.69. The second-order valence-electron chi connectivity index (χ2n) is 6.83. The smallest absolute Gasteiger partial charge is 0.129 e. The first-order chi connectivity index (χ1) is 13.1. The number of nitrogens with two attached hydrogens (primary N) is 1. The lowest BCUT2D eigenvalue weighted by Crippen LogP contribution is -2.43. The molecular formula is C20H27N7. The molecule has 0 aliphatic carbocycles. The standard InChI is InChI=1S/C20H27N7/c1-14(2)25-19-10-15(3-4-24-19)18-9-16(17(12-21)13-22)11-20(26-18)27-7-5-23-6-8-27/h3-4,9-14,21,23H,5-8,22H2,1-2H3,(H,24,25)/b17-13+,21-12?. The van der Waals surface area contributed by atoms with Crippen LogP contribution in [0, 0.1) is 5.41 Å². The van der Waals surface area contributed by atoms with E-state index in [1.54, 1.807) is 6.20 Å². The summed E-state index contributed by atoms with van der Waals surface area (Å²) in [5.41, 5.74) is 9.12. The average molecular weight is 365 g/mol. The van der Waals surface area contributed by atoms with E-state index < -0.39 is 0 Å². The Hall–Kier alpha value is -2.93. The molecule has 0 radical (unpaired) electrons. The second-order valence-corrected chi connectivity index (χ2v) is 6.83.